The Labute approximate surface area is 68.8 Å². The van der Waals surface area contributed by atoms with Crippen molar-refractivity contribution in [3.63, 3.8) is 0 Å². The fourth-order valence-electron chi connectivity index (χ4n) is 1.94. The van der Waals surface area contributed by atoms with Crippen LogP contribution in [-0.4, -0.2) is 11.2 Å². The van der Waals surface area contributed by atoms with Crippen LogP contribution in [0.25, 0.3) is 0 Å². The smallest absolute Gasteiger partial charge is 0.0568 e. The van der Waals surface area contributed by atoms with E-state index in [1.807, 2.05) is 6.92 Å². The molecule has 0 amide bonds. The molecule has 1 N–H and O–H groups in total. The standard InChI is InChI=1S/C10H18O/c1-8(11)10(6-7-10)5-4-9-2-3-9/h8-9,11H,2-7H2,1H3. The van der Waals surface area contributed by atoms with E-state index in [1.165, 1.54) is 38.5 Å². The summed E-state index contributed by atoms with van der Waals surface area (Å²) in [5.41, 5.74) is 0.378. The van der Waals surface area contributed by atoms with Crippen LogP contribution in [0.15, 0.2) is 0 Å². The van der Waals surface area contributed by atoms with Gasteiger partial charge in [0.05, 0.1) is 6.10 Å². The van der Waals surface area contributed by atoms with E-state index in [4.69, 9.17) is 0 Å². The predicted octanol–water partition coefficient (Wildman–Crippen LogP) is 2.34. The molecule has 0 bridgehead atoms. The van der Waals surface area contributed by atoms with Crippen molar-refractivity contribution in [3.05, 3.63) is 0 Å². The lowest BCUT2D eigenvalue weighted by atomic mass is 9.93. The topological polar surface area (TPSA) is 20.2 Å². The second-order valence-corrected chi connectivity index (χ2v) is 4.52. The summed E-state index contributed by atoms with van der Waals surface area (Å²) in [5.74, 6) is 1.03. The van der Waals surface area contributed by atoms with Crippen molar-refractivity contribution >= 4 is 0 Å². The van der Waals surface area contributed by atoms with Crippen molar-refractivity contribution in [2.75, 3.05) is 0 Å². The molecular weight excluding hydrogens is 136 g/mol. The second kappa shape index (κ2) is 2.48. The lowest BCUT2D eigenvalue weighted by molar-refractivity contribution is 0.102. The highest BCUT2D eigenvalue weighted by atomic mass is 16.3. The van der Waals surface area contributed by atoms with E-state index >= 15 is 0 Å². The normalized spacial score (nSPS) is 30.0. The zero-order valence-electron chi connectivity index (χ0n) is 7.34. The Kier molecular flexibility index (Phi) is 1.71. The maximum atomic E-state index is 9.48. The summed E-state index contributed by atoms with van der Waals surface area (Å²) in [6.07, 6.45) is 8.07. The summed E-state index contributed by atoms with van der Waals surface area (Å²) in [5, 5.41) is 9.48. The van der Waals surface area contributed by atoms with E-state index in [2.05, 4.69) is 0 Å². The fraction of sp³-hybridized carbons (Fsp3) is 1.00. The fourth-order valence-corrected chi connectivity index (χ4v) is 1.94. The minimum absolute atomic E-state index is 0.0544. The number of aliphatic hydroxyl groups is 1. The van der Waals surface area contributed by atoms with Crippen molar-refractivity contribution < 1.29 is 5.11 Å². The van der Waals surface area contributed by atoms with Gasteiger partial charge in [0, 0.05) is 0 Å². The van der Waals surface area contributed by atoms with Gasteiger partial charge >= 0.3 is 0 Å². The molecule has 0 aromatic heterocycles. The number of hydrogen-bond acceptors (Lipinski definition) is 1. The molecule has 64 valence electrons. The van der Waals surface area contributed by atoms with Gasteiger partial charge in [0.25, 0.3) is 0 Å². The molecule has 0 aliphatic heterocycles. The molecule has 1 heteroatoms. The Bertz CT molecular complexity index is 143. The molecule has 2 aliphatic rings. The van der Waals surface area contributed by atoms with Crippen molar-refractivity contribution in [2.24, 2.45) is 11.3 Å². The number of rotatable bonds is 4. The van der Waals surface area contributed by atoms with E-state index in [0.717, 1.165) is 5.92 Å². The van der Waals surface area contributed by atoms with Crippen LogP contribution < -0.4 is 0 Å². The molecule has 0 spiro atoms. The molecule has 1 unspecified atom stereocenters. The molecule has 1 nitrogen and oxygen atoms in total. The Hall–Kier alpha value is -0.0400. The van der Waals surface area contributed by atoms with Crippen LogP contribution in [0.2, 0.25) is 0 Å². The lowest BCUT2D eigenvalue weighted by Gasteiger charge is -2.17. The van der Waals surface area contributed by atoms with Crippen LogP contribution >= 0.6 is 0 Å². The van der Waals surface area contributed by atoms with Gasteiger partial charge in [-0.05, 0) is 43.9 Å². The molecule has 0 aromatic carbocycles. The van der Waals surface area contributed by atoms with Crippen molar-refractivity contribution in [2.45, 2.75) is 51.6 Å². The summed E-state index contributed by atoms with van der Waals surface area (Å²) in [4.78, 5) is 0. The van der Waals surface area contributed by atoms with Crippen LogP contribution in [0.1, 0.15) is 45.4 Å². The van der Waals surface area contributed by atoms with Crippen molar-refractivity contribution in [1.29, 1.82) is 0 Å². The summed E-state index contributed by atoms with van der Waals surface area (Å²) < 4.78 is 0. The summed E-state index contributed by atoms with van der Waals surface area (Å²) in [6.45, 7) is 1.96. The van der Waals surface area contributed by atoms with E-state index in [9.17, 15) is 5.11 Å². The number of hydrogen-bond donors (Lipinski definition) is 1. The third-order valence-electron chi connectivity index (χ3n) is 3.53. The second-order valence-electron chi connectivity index (χ2n) is 4.52. The van der Waals surface area contributed by atoms with Gasteiger partial charge in [0.1, 0.15) is 0 Å². The third-order valence-corrected chi connectivity index (χ3v) is 3.53. The summed E-state index contributed by atoms with van der Waals surface area (Å²) in [6, 6.07) is 0. The first-order valence-corrected chi connectivity index (χ1v) is 4.91. The Balaban J connectivity index is 1.74. The largest absolute Gasteiger partial charge is 0.393 e. The zero-order valence-corrected chi connectivity index (χ0v) is 7.34. The van der Waals surface area contributed by atoms with Gasteiger partial charge in [0.2, 0.25) is 0 Å². The van der Waals surface area contributed by atoms with E-state index < -0.39 is 0 Å². The molecule has 0 aromatic rings. The monoisotopic (exact) mass is 154 g/mol. The van der Waals surface area contributed by atoms with Gasteiger partial charge in [-0.3, -0.25) is 0 Å². The van der Waals surface area contributed by atoms with Gasteiger partial charge in [-0.15, -0.1) is 0 Å². The van der Waals surface area contributed by atoms with Crippen molar-refractivity contribution in [3.8, 4) is 0 Å². The first-order valence-electron chi connectivity index (χ1n) is 4.91. The molecule has 1 atom stereocenters. The predicted molar refractivity (Wildman–Crippen MR) is 45.3 cm³/mol. The van der Waals surface area contributed by atoms with E-state index in [0.29, 0.717) is 5.41 Å². The molecule has 2 saturated carbocycles. The molecule has 0 heterocycles. The van der Waals surface area contributed by atoms with Gasteiger partial charge in [-0.25, -0.2) is 0 Å². The average molecular weight is 154 g/mol. The van der Waals surface area contributed by atoms with Gasteiger partial charge in [-0.2, -0.15) is 0 Å². The highest BCUT2D eigenvalue weighted by Crippen LogP contribution is 2.54. The maximum Gasteiger partial charge on any atom is 0.0568 e. The van der Waals surface area contributed by atoms with Crippen LogP contribution in [0.4, 0.5) is 0 Å². The van der Waals surface area contributed by atoms with Gasteiger partial charge < -0.3 is 5.11 Å². The lowest BCUT2D eigenvalue weighted by Crippen LogP contribution is -2.17. The quantitative estimate of drug-likeness (QED) is 0.659. The minimum atomic E-state index is -0.0544. The first kappa shape index (κ1) is 7.60. The van der Waals surface area contributed by atoms with Crippen LogP contribution in [0, 0.1) is 11.3 Å². The van der Waals surface area contributed by atoms with Crippen LogP contribution in [0.5, 0.6) is 0 Å². The molecule has 0 radical (unpaired) electrons. The molecule has 2 rings (SSSR count). The van der Waals surface area contributed by atoms with E-state index in [-0.39, 0.29) is 6.10 Å². The highest BCUT2D eigenvalue weighted by molar-refractivity contribution is 4.97. The SMILES string of the molecule is CC(O)C1(CCC2CC2)CC1. The van der Waals surface area contributed by atoms with Crippen LogP contribution in [0.3, 0.4) is 0 Å². The van der Waals surface area contributed by atoms with Crippen molar-refractivity contribution in [1.82, 2.24) is 0 Å². The Morgan fingerprint density at radius 1 is 1.45 bits per heavy atom. The van der Waals surface area contributed by atoms with Gasteiger partial charge in [0.15, 0.2) is 0 Å². The average Bonchev–Trinajstić information content (AvgIpc) is 2.82. The molecular formula is C10H18O. The Morgan fingerprint density at radius 3 is 2.45 bits per heavy atom. The number of aliphatic hydroxyl groups excluding tert-OH is 1. The minimum Gasteiger partial charge on any atom is -0.393 e. The van der Waals surface area contributed by atoms with Gasteiger partial charge in [-0.1, -0.05) is 12.8 Å². The Morgan fingerprint density at radius 2 is 2.09 bits per heavy atom. The molecule has 2 fully saturated rings. The third kappa shape index (κ3) is 1.58. The maximum absolute atomic E-state index is 9.48. The van der Waals surface area contributed by atoms with E-state index in [1.54, 1.807) is 0 Å². The first-order chi connectivity index (χ1) is 5.23. The molecule has 11 heavy (non-hydrogen) atoms. The zero-order chi connectivity index (χ0) is 7.90. The summed E-state index contributed by atoms with van der Waals surface area (Å²) in [7, 11) is 0. The summed E-state index contributed by atoms with van der Waals surface area (Å²) >= 11 is 0. The molecule has 2 aliphatic carbocycles. The molecule has 0 saturated heterocycles. The van der Waals surface area contributed by atoms with Crippen LogP contribution in [-0.2, 0) is 0 Å². The highest BCUT2D eigenvalue weighted by Gasteiger charge is 2.46.